The van der Waals surface area contributed by atoms with E-state index < -0.39 is 5.82 Å². The van der Waals surface area contributed by atoms with Crippen LogP contribution in [0.25, 0.3) is 10.9 Å². The molecule has 1 fully saturated rings. The largest absolute Gasteiger partial charge is 0.493 e. The van der Waals surface area contributed by atoms with E-state index in [4.69, 9.17) is 21.1 Å². The highest BCUT2D eigenvalue weighted by Crippen LogP contribution is 2.37. The predicted octanol–water partition coefficient (Wildman–Crippen LogP) is 4.90. The number of nitrogens with one attached hydrogen (secondary N) is 1. The van der Waals surface area contributed by atoms with E-state index in [0.717, 1.165) is 57.4 Å². The number of aromatic nitrogens is 2. The highest BCUT2D eigenvalue weighted by Gasteiger charge is 2.21. The Hall–Kier alpha value is -2.72. The summed E-state index contributed by atoms with van der Waals surface area (Å²) in [5, 5.41) is 4.06. The number of ether oxygens (including phenoxy) is 2. The fraction of sp³-hybridized carbons (Fsp3) is 0.500. The number of rotatable bonds is 12. The highest BCUT2D eigenvalue weighted by atomic mass is 35.5. The van der Waals surface area contributed by atoms with Crippen LogP contribution >= 0.6 is 11.6 Å². The van der Waals surface area contributed by atoms with Crippen molar-refractivity contribution < 1.29 is 13.9 Å². The second-order valence-corrected chi connectivity index (χ2v) is 10.6. The van der Waals surface area contributed by atoms with Crippen LogP contribution in [0.2, 0.25) is 5.02 Å². The third kappa shape index (κ3) is 7.89. The molecule has 0 radical (unpaired) electrons. The van der Waals surface area contributed by atoms with E-state index >= 15 is 0 Å². The summed E-state index contributed by atoms with van der Waals surface area (Å²) in [5.74, 6) is 1.48. The number of piperidine rings is 1. The van der Waals surface area contributed by atoms with Crippen LogP contribution in [0.1, 0.15) is 19.3 Å². The summed E-state index contributed by atoms with van der Waals surface area (Å²) >= 11 is 6.00. The van der Waals surface area contributed by atoms with Gasteiger partial charge in [0.2, 0.25) is 0 Å². The van der Waals surface area contributed by atoms with Crippen molar-refractivity contribution in [3.8, 4) is 11.5 Å². The maximum atomic E-state index is 13.7. The Kier molecular flexibility index (Phi) is 9.96. The van der Waals surface area contributed by atoms with Crippen molar-refractivity contribution in [1.29, 1.82) is 0 Å². The second kappa shape index (κ2) is 13.4. The van der Waals surface area contributed by atoms with E-state index in [-0.39, 0.29) is 11.1 Å². The SMILES string of the molecule is CN(C)CCN(C)CCCOc1cc(OC2CCN(C)CC2)c2c(Nc3ccc(F)c(Cl)c3)ncnc2c1. The molecule has 1 aromatic heterocycles. The molecule has 4 rings (SSSR count). The molecule has 206 valence electrons. The minimum Gasteiger partial charge on any atom is -0.493 e. The molecule has 0 atom stereocenters. The third-order valence-electron chi connectivity index (χ3n) is 6.70. The second-order valence-electron chi connectivity index (χ2n) is 10.2. The molecule has 1 saturated heterocycles. The van der Waals surface area contributed by atoms with Gasteiger partial charge < -0.3 is 29.5 Å². The zero-order chi connectivity index (χ0) is 27.1. The summed E-state index contributed by atoms with van der Waals surface area (Å²) in [6.07, 6.45) is 4.37. The lowest BCUT2D eigenvalue weighted by Gasteiger charge is -2.30. The zero-order valence-corrected chi connectivity index (χ0v) is 23.5. The van der Waals surface area contributed by atoms with Crippen LogP contribution in [0.3, 0.4) is 0 Å². The van der Waals surface area contributed by atoms with Crippen molar-refractivity contribution in [3.63, 3.8) is 0 Å². The van der Waals surface area contributed by atoms with Crippen LogP contribution in [0.4, 0.5) is 15.9 Å². The number of hydrogen-bond acceptors (Lipinski definition) is 8. The van der Waals surface area contributed by atoms with Gasteiger partial charge in [0.1, 0.15) is 35.6 Å². The van der Waals surface area contributed by atoms with Gasteiger partial charge in [-0.15, -0.1) is 0 Å². The molecule has 1 aliphatic rings. The molecule has 0 unspecified atom stereocenters. The molecule has 10 heteroatoms. The molecule has 1 aliphatic heterocycles. The molecular formula is C28H38ClFN6O2. The molecule has 0 saturated carbocycles. The standard InChI is InChI=1S/C28H38ClFN6O2/c1-34(2)13-14-35(3)10-5-15-37-22-17-25-27(26(18-22)38-21-8-11-36(4)12-9-21)28(32-19-31-25)33-20-6-7-24(30)23(29)16-20/h6-7,16-19,21H,5,8-15H2,1-4H3,(H,31,32,33). The van der Waals surface area contributed by atoms with E-state index in [9.17, 15) is 4.39 Å². The number of fused-ring (bicyclic) bond motifs is 1. The van der Waals surface area contributed by atoms with Crippen molar-refractivity contribution >= 4 is 34.0 Å². The Morgan fingerprint density at radius 1 is 1.08 bits per heavy atom. The van der Waals surface area contributed by atoms with Gasteiger partial charge in [-0.2, -0.15) is 0 Å². The predicted molar refractivity (Wildman–Crippen MR) is 152 cm³/mol. The summed E-state index contributed by atoms with van der Waals surface area (Å²) in [4.78, 5) is 15.8. The Morgan fingerprint density at radius 2 is 1.87 bits per heavy atom. The summed E-state index contributed by atoms with van der Waals surface area (Å²) < 4.78 is 26.4. The Labute approximate surface area is 229 Å². The molecule has 2 aromatic carbocycles. The normalized spacial score (nSPS) is 14.9. The first-order valence-electron chi connectivity index (χ1n) is 13.1. The minimum atomic E-state index is -0.471. The number of anilines is 2. The Balaban J connectivity index is 1.54. The fourth-order valence-electron chi connectivity index (χ4n) is 4.40. The zero-order valence-electron chi connectivity index (χ0n) is 22.7. The quantitative estimate of drug-likeness (QED) is 0.323. The summed E-state index contributed by atoms with van der Waals surface area (Å²) in [5.41, 5.74) is 1.33. The van der Waals surface area contributed by atoms with E-state index in [1.165, 1.54) is 18.5 Å². The minimum absolute atomic E-state index is 0.0409. The van der Waals surface area contributed by atoms with Gasteiger partial charge in [-0.1, -0.05) is 11.6 Å². The van der Waals surface area contributed by atoms with Crippen LogP contribution in [0.15, 0.2) is 36.7 Å². The number of likely N-dealkylation sites (N-methyl/N-ethyl adjacent to an activating group) is 2. The average molecular weight is 545 g/mol. The number of likely N-dealkylation sites (tertiary alicyclic amines) is 1. The lowest BCUT2D eigenvalue weighted by molar-refractivity contribution is 0.115. The van der Waals surface area contributed by atoms with Crippen molar-refractivity contribution in [2.24, 2.45) is 0 Å². The average Bonchev–Trinajstić information content (AvgIpc) is 2.89. The van der Waals surface area contributed by atoms with E-state index in [1.54, 1.807) is 6.07 Å². The molecule has 0 bridgehead atoms. The lowest BCUT2D eigenvalue weighted by atomic mass is 10.1. The molecule has 0 aliphatic carbocycles. The van der Waals surface area contributed by atoms with Gasteiger partial charge in [0.05, 0.1) is 22.5 Å². The van der Waals surface area contributed by atoms with Crippen molar-refractivity contribution in [3.05, 3.63) is 47.5 Å². The molecule has 38 heavy (non-hydrogen) atoms. The highest BCUT2D eigenvalue weighted by molar-refractivity contribution is 6.31. The molecular weight excluding hydrogens is 507 g/mol. The summed E-state index contributed by atoms with van der Waals surface area (Å²) in [6, 6.07) is 8.34. The van der Waals surface area contributed by atoms with E-state index in [0.29, 0.717) is 35.1 Å². The van der Waals surface area contributed by atoms with Gasteiger partial charge in [-0.3, -0.25) is 0 Å². The van der Waals surface area contributed by atoms with Crippen LogP contribution in [-0.4, -0.2) is 98.3 Å². The topological polar surface area (TPSA) is 66.0 Å². The first-order valence-corrected chi connectivity index (χ1v) is 13.5. The van der Waals surface area contributed by atoms with Crippen molar-refractivity contribution in [2.75, 3.05) is 72.8 Å². The van der Waals surface area contributed by atoms with Gasteiger partial charge in [0, 0.05) is 50.5 Å². The molecule has 0 spiro atoms. The van der Waals surface area contributed by atoms with E-state index in [2.05, 4.69) is 58.2 Å². The molecule has 8 nitrogen and oxygen atoms in total. The Bertz CT molecular complexity index is 1210. The monoisotopic (exact) mass is 544 g/mol. The number of halogens is 2. The lowest BCUT2D eigenvalue weighted by Crippen LogP contribution is -2.35. The maximum absolute atomic E-state index is 13.7. The van der Waals surface area contributed by atoms with Crippen LogP contribution in [0, 0.1) is 5.82 Å². The third-order valence-corrected chi connectivity index (χ3v) is 6.99. The Morgan fingerprint density at radius 3 is 2.61 bits per heavy atom. The summed E-state index contributed by atoms with van der Waals surface area (Å²) in [6.45, 7) is 5.56. The fourth-order valence-corrected chi connectivity index (χ4v) is 4.58. The van der Waals surface area contributed by atoms with Gasteiger partial charge in [0.25, 0.3) is 0 Å². The van der Waals surface area contributed by atoms with Crippen LogP contribution < -0.4 is 14.8 Å². The molecule has 0 amide bonds. The van der Waals surface area contributed by atoms with Crippen LogP contribution in [-0.2, 0) is 0 Å². The maximum Gasteiger partial charge on any atom is 0.145 e. The molecule has 1 N–H and O–H groups in total. The molecule has 3 aromatic rings. The number of nitrogens with zero attached hydrogens (tertiary/aromatic N) is 5. The number of benzene rings is 2. The smallest absolute Gasteiger partial charge is 0.145 e. The summed E-state index contributed by atoms with van der Waals surface area (Å²) in [7, 11) is 8.43. The van der Waals surface area contributed by atoms with Gasteiger partial charge in [0.15, 0.2) is 0 Å². The van der Waals surface area contributed by atoms with Crippen molar-refractivity contribution in [2.45, 2.75) is 25.4 Å². The van der Waals surface area contributed by atoms with Crippen molar-refractivity contribution in [1.82, 2.24) is 24.7 Å². The number of hydrogen-bond donors (Lipinski definition) is 1. The first-order chi connectivity index (χ1) is 18.3. The first kappa shape index (κ1) is 28.3. The molecule has 2 heterocycles. The van der Waals surface area contributed by atoms with Gasteiger partial charge in [-0.25, -0.2) is 14.4 Å². The van der Waals surface area contributed by atoms with Gasteiger partial charge in [-0.05, 0) is 65.7 Å². The van der Waals surface area contributed by atoms with Gasteiger partial charge >= 0.3 is 0 Å². The van der Waals surface area contributed by atoms with Crippen LogP contribution in [0.5, 0.6) is 11.5 Å². The van der Waals surface area contributed by atoms with E-state index in [1.807, 2.05) is 12.1 Å².